The lowest BCUT2D eigenvalue weighted by molar-refractivity contribution is 0.176. The van der Waals surface area contributed by atoms with Gasteiger partial charge in [-0.25, -0.2) is 0 Å². The molecule has 0 amide bonds. The minimum absolute atomic E-state index is 0.273. The zero-order valence-corrected chi connectivity index (χ0v) is 11.2. The van der Waals surface area contributed by atoms with Gasteiger partial charge in [-0.15, -0.1) is 11.3 Å². The van der Waals surface area contributed by atoms with Crippen LogP contribution in [0.2, 0.25) is 0 Å². The molecule has 0 saturated carbocycles. The molecule has 1 N–H and O–H groups in total. The molecule has 0 spiro atoms. The van der Waals surface area contributed by atoms with E-state index in [1.807, 2.05) is 10.8 Å². The second-order valence-corrected chi connectivity index (χ2v) is 6.12. The molecule has 80 valence electrons. The van der Waals surface area contributed by atoms with Crippen LogP contribution in [0.4, 0.5) is 0 Å². The van der Waals surface area contributed by atoms with Crippen molar-refractivity contribution in [2.45, 2.75) is 18.9 Å². The summed E-state index contributed by atoms with van der Waals surface area (Å²) in [4.78, 5) is 1.23. The van der Waals surface area contributed by atoms with Crippen molar-refractivity contribution in [1.82, 2.24) is 0 Å². The Bertz CT molecular complexity index is 408. The Morgan fingerprint density at radius 1 is 1.33 bits per heavy atom. The monoisotopic (exact) mass is 302 g/mol. The zero-order chi connectivity index (χ0) is 10.7. The van der Waals surface area contributed by atoms with Crippen LogP contribution in [0.25, 0.3) is 0 Å². The van der Waals surface area contributed by atoms with E-state index in [0.29, 0.717) is 0 Å². The van der Waals surface area contributed by atoms with Crippen LogP contribution in [0, 0.1) is 0 Å². The summed E-state index contributed by atoms with van der Waals surface area (Å²) in [5, 5.41) is 16.1. The molecule has 0 fully saturated rings. The Morgan fingerprint density at radius 3 is 2.80 bits per heavy atom. The molecule has 0 aliphatic rings. The van der Waals surface area contributed by atoms with Gasteiger partial charge in [-0.05, 0) is 50.8 Å². The summed E-state index contributed by atoms with van der Waals surface area (Å²) in [5.74, 6) is 0. The van der Waals surface area contributed by atoms with Crippen molar-refractivity contribution in [3.05, 3.63) is 43.2 Å². The fourth-order valence-corrected chi connectivity index (χ4v) is 3.65. The van der Waals surface area contributed by atoms with E-state index in [-0.39, 0.29) is 6.10 Å². The fourth-order valence-electron chi connectivity index (χ4n) is 1.45. The fraction of sp³-hybridized carbons (Fsp3) is 0.273. The first-order valence-corrected chi connectivity index (χ1v) is 7.27. The highest BCUT2D eigenvalue weighted by atomic mass is 79.9. The molecule has 2 aromatic rings. The molecule has 2 aromatic heterocycles. The summed E-state index contributed by atoms with van der Waals surface area (Å²) in [7, 11) is 0. The second kappa shape index (κ2) is 5.25. The van der Waals surface area contributed by atoms with Gasteiger partial charge in [0.2, 0.25) is 0 Å². The van der Waals surface area contributed by atoms with E-state index in [4.69, 9.17) is 0 Å². The van der Waals surface area contributed by atoms with Crippen LogP contribution in [-0.2, 0) is 12.8 Å². The van der Waals surface area contributed by atoms with Crippen LogP contribution in [0.5, 0.6) is 0 Å². The summed E-state index contributed by atoms with van der Waals surface area (Å²) in [6.45, 7) is 0. The standard InChI is InChI=1S/C11H11BrOS2/c12-9-4-11(15-7-9)5-10(13)3-8-1-2-14-6-8/h1-2,4,6-7,10,13H,3,5H2. The first kappa shape index (κ1) is 11.3. The lowest BCUT2D eigenvalue weighted by Crippen LogP contribution is -2.12. The summed E-state index contributed by atoms with van der Waals surface area (Å²) < 4.78 is 1.10. The van der Waals surface area contributed by atoms with Gasteiger partial charge in [-0.3, -0.25) is 0 Å². The van der Waals surface area contributed by atoms with Crippen LogP contribution in [0.1, 0.15) is 10.4 Å². The van der Waals surface area contributed by atoms with Gasteiger partial charge in [0.1, 0.15) is 0 Å². The molecule has 15 heavy (non-hydrogen) atoms. The van der Waals surface area contributed by atoms with E-state index in [0.717, 1.165) is 17.3 Å². The van der Waals surface area contributed by atoms with Gasteiger partial charge in [-0.1, -0.05) is 0 Å². The lowest BCUT2D eigenvalue weighted by Gasteiger charge is -2.07. The number of thiophene rings is 2. The van der Waals surface area contributed by atoms with Crippen molar-refractivity contribution in [3.8, 4) is 0 Å². The molecule has 4 heteroatoms. The van der Waals surface area contributed by atoms with Gasteiger partial charge in [0.25, 0.3) is 0 Å². The highest BCUT2D eigenvalue weighted by Gasteiger charge is 2.08. The van der Waals surface area contributed by atoms with E-state index in [1.54, 1.807) is 22.7 Å². The number of aliphatic hydroxyl groups is 1. The van der Waals surface area contributed by atoms with E-state index < -0.39 is 0 Å². The number of halogens is 1. The van der Waals surface area contributed by atoms with E-state index in [9.17, 15) is 5.11 Å². The molecular weight excluding hydrogens is 292 g/mol. The normalized spacial score (nSPS) is 12.9. The molecule has 0 radical (unpaired) electrons. The predicted octanol–water partition coefficient (Wildman–Crippen LogP) is 3.72. The highest BCUT2D eigenvalue weighted by Crippen LogP contribution is 2.22. The third-order valence-electron chi connectivity index (χ3n) is 2.11. The maximum Gasteiger partial charge on any atom is 0.0629 e. The van der Waals surface area contributed by atoms with Crippen molar-refractivity contribution >= 4 is 38.6 Å². The third kappa shape index (κ3) is 3.41. The average Bonchev–Trinajstić information content (AvgIpc) is 2.77. The summed E-state index contributed by atoms with van der Waals surface area (Å²) in [5.41, 5.74) is 1.23. The number of aliphatic hydroxyl groups excluding tert-OH is 1. The minimum Gasteiger partial charge on any atom is -0.392 e. The Balaban J connectivity index is 1.90. The van der Waals surface area contributed by atoms with Crippen molar-refractivity contribution in [2.75, 3.05) is 0 Å². The van der Waals surface area contributed by atoms with Gasteiger partial charge >= 0.3 is 0 Å². The molecule has 0 aliphatic heterocycles. The number of hydrogen-bond donors (Lipinski definition) is 1. The summed E-state index contributed by atoms with van der Waals surface area (Å²) in [6, 6.07) is 4.14. The SMILES string of the molecule is OC(Cc1ccsc1)Cc1cc(Br)cs1. The molecule has 2 heterocycles. The smallest absolute Gasteiger partial charge is 0.0629 e. The molecule has 0 aliphatic carbocycles. The lowest BCUT2D eigenvalue weighted by atomic mass is 10.1. The maximum atomic E-state index is 9.88. The van der Waals surface area contributed by atoms with Gasteiger partial charge in [0, 0.05) is 21.2 Å². The quantitative estimate of drug-likeness (QED) is 0.913. The van der Waals surface area contributed by atoms with Crippen LogP contribution < -0.4 is 0 Å². The zero-order valence-electron chi connectivity index (χ0n) is 8.02. The van der Waals surface area contributed by atoms with E-state index in [1.165, 1.54) is 10.4 Å². The van der Waals surface area contributed by atoms with E-state index >= 15 is 0 Å². The number of rotatable bonds is 4. The predicted molar refractivity (Wildman–Crippen MR) is 69.8 cm³/mol. The molecule has 0 bridgehead atoms. The summed E-state index contributed by atoms with van der Waals surface area (Å²) in [6.07, 6.45) is 1.22. The van der Waals surface area contributed by atoms with Crippen LogP contribution >= 0.6 is 38.6 Å². The van der Waals surface area contributed by atoms with Crippen molar-refractivity contribution in [3.63, 3.8) is 0 Å². The minimum atomic E-state index is -0.273. The molecule has 1 nitrogen and oxygen atoms in total. The first-order valence-electron chi connectivity index (χ1n) is 4.66. The Hall–Kier alpha value is -0.160. The molecule has 1 unspecified atom stereocenters. The van der Waals surface area contributed by atoms with Crippen LogP contribution in [-0.4, -0.2) is 11.2 Å². The summed E-state index contributed by atoms with van der Waals surface area (Å²) >= 11 is 6.78. The van der Waals surface area contributed by atoms with Crippen molar-refractivity contribution in [2.24, 2.45) is 0 Å². The van der Waals surface area contributed by atoms with Gasteiger partial charge in [0.15, 0.2) is 0 Å². The second-order valence-electron chi connectivity index (χ2n) is 3.42. The highest BCUT2D eigenvalue weighted by molar-refractivity contribution is 9.10. The Kier molecular flexibility index (Phi) is 3.97. The average molecular weight is 303 g/mol. The Labute approximate surface area is 106 Å². The number of hydrogen-bond acceptors (Lipinski definition) is 3. The van der Waals surface area contributed by atoms with E-state index in [2.05, 4.69) is 33.4 Å². The molecular formula is C11H11BrOS2. The topological polar surface area (TPSA) is 20.2 Å². The third-order valence-corrected chi connectivity index (χ3v) is 4.56. The Morgan fingerprint density at radius 2 is 2.20 bits per heavy atom. The molecule has 2 rings (SSSR count). The molecule has 0 saturated heterocycles. The molecule has 1 atom stereocenters. The maximum absolute atomic E-state index is 9.88. The van der Waals surface area contributed by atoms with Crippen LogP contribution in [0.3, 0.4) is 0 Å². The van der Waals surface area contributed by atoms with Crippen molar-refractivity contribution in [1.29, 1.82) is 0 Å². The molecule has 0 aromatic carbocycles. The van der Waals surface area contributed by atoms with Crippen LogP contribution in [0.15, 0.2) is 32.7 Å². The van der Waals surface area contributed by atoms with Crippen molar-refractivity contribution < 1.29 is 5.11 Å². The van der Waals surface area contributed by atoms with Gasteiger partial charge in [0.05, 0.1) is 6.10 Å². The van der Waals surface area contributed by atoms with Gasteiger partial charge in [-0.2, -0.15) is 11.3 Å². The van der Waals surface area contributed by atoms with Gasteiger partial charge < -0.3 is 5.11 Å². The largest absolute Gasteiger partial charge is 0.392 e. The first-order chi connectivity index (χ1) is 7.24.